The normalized spacial score (nSPS) is 11.7. The Labute approximate surface area is 545 Å². The molecule has 5 heteroatoms. The lowest BCUT2D eigenvalue weighted by Gasteiger charge is -2.11. The lowest BCUT2D eigenvalue weighted by atomic mass is 10.0. The van der Waals surface area contributed by atoms with E-state index in [9.17, 15) is 4.79 Å². The molecule has 456 valence electrons. The van der Waals surface area contributed by atoms with E-state index in [1.54, 1.807) is 0 Å². The van der Waals surface area contributed by atoms with Gasteiger partial charge in [0, 0.05) is 77.8 Å². The Morgan fingerprint density at radius 3 is 0.892 bits per heavy atom. The number of ketones is 1. The highest BCUT2D eigenvalue weighted by atomic mass is 16.1. The molecule has 12 aromatic carbocycles. The third kappa shape index (κ3) is 11.4. The fourth-order valence-corrected chi connectivity index (χ4v) is 14.6. The van der Waals surface area contributed by atoms with Crippen LogP contribution in [0.4, 0.5) is 0 Å². The zero-order valence-electron chi connectivity index (χ0n) is 53.4. The van der Waals surface area contributed by atoms with Gasteiger partial charge in [-0.3, -0.25) is 4.79 Å². The first-order chi connectivity index (χ1) is 46.0. The largest absolute Gasteiger partial charge is 0.309 e. The van der Waals surface area contributed by atoms with E-state index in [1.807, 2.05) is 6.07 Å². The molecule has 0 spiro atoms. The molecular formula is C88H78N4O. The van der Waals surface area contributed by atoms with Crippen molar-refractivity contribution in [2.75, 3.05) is 0 Å². The monoisotopic (exact) mass is 1210 g/mol. The van der Waals surface area contributed by atoms with Crippen molar-refractivity contribution in [3.63, 3.8) is 0 Å². The van der Waals surface area contributed by atoms with E-state index in [2.05, 4.69) is 305 Å². The Morgan fingerprint density at radius 2 is 0.538 bits per heavy atom. The average Bonchev–Trinajstić information content (AvgIpc) is 1.63. The van der Waals surface area contributed by atoms with E-state index in [4.69, 9.17) is 0 Å². The van der Waals surface area contributed by atoms with E-state index in [0.717, 1.165) is 52.6 Å². The van der Waals surface area contributed by atoms with Crippen molar-refractivity contribution in [3.8, 4) is 45.0 Å². The second-order valence-electron chi connectivity index (χ2n) is 25.3. The molecule has 0 saturated carbocycles. The summed E-state index contributed by atoms with van der Waals surface area (Å²) in [5, 5.41) is 10.1. The maximum Gasteiger partial charge on any atom is 0.162 e. The van der Waals surface area contributed by atoms with Gasteiger partial charge in [0.2, 0.25) is 0 Å². The zero-order valence-corrected chi connectivity index (χ0v) is 53.4. The van der Waals surface area contributed by atoms with E-state index in [1.165, 1.54) is 168 Å². The molecule has 0 radical (unpaired) electrons. The Morgan fingerprint density at radius 1 is 0.258 bits per heavy atom. The highest BCUT2D eigenvalue weighted by molar-refractivity contribution is 6.13. The third-order valence-corrected chi connectivity index (χ3v) is 19.4. The zero-order chi connectivity index (χ0) is 62.6. The van der Waals surface area contributed by atoms with Crippen LogP contribution in [0.2, 0.25) is 0 Å². The van der Waals surface area contributed by atoms with Crippen LogP contribution >= 0.6 is 0 Å². The van der Waals surface area contributed by atoms with Gasteiger partial charge in [-0.2, -0.15) is 0 Å². The molecule has 16 rings (SSSR count). The van der Waals surface area contributed by atoms with Gasteiger partial charge >= 0.3 is 0 Å². The summed E-state index contributed by atoms with van der Waals surface area (Å²) in [6.45, 7) is 4.50. The molecule has 93 heavy (non-hydrogen) atoms. The van der Waals surface area contributed by atoms with Gasteiger partial charge in [0.15, 0.2) is 5.78 Å². The summed E-state index contributed by atoms with van der Waals surface area (Å²) in [5.74, 6) is 0.244. The number of hydrogen-bond donors (Lipinski definition) is 0. The molecular weight excluding hydrogens is 1130 g/mol. The number of rotatable bonds is 20. The summed E-state index contributed by atoms with van der Waals surface area (Å²) in [7, 11) is 0. The number of unbranched alkanes of at least 4 members (excludes halogenated alkanes) is 9. The lowest BCUT2D eigenvalue weighted by molar-refractivity contribution is 0.0979. The van der Waals surface area contributed by atoms with Crippen LogP contribution in [0.1, 0.15) is 107 Å². The Bertz CT molecular complexity index is 5220. The predicted octanol–water partition coefficient (Wildman–Crippen LogP) is 24.5. The van der Waals surface area contributed by atoms with Crippen molar-refractivity contribution in [1.29, 1.82) is 0 Å². The maximum atomic E-state index is 13.1. The summed E-state index contributed by atoms with van der Waals surface area (Å²) in [6, 6.07) is 101. The summed E-state index contributed by atoms with van der Waals surface area (Å²) in [5.41, 5.74) is 21.4. The van der Waals surface area contributed by atoms with Gasteiger partial charge in [-0.05, 0) is 162 Å². The molecule has 0 unspecified atom stereocenters. The molecule has 0 aliphatic heterocycles. The number of fused-ring (bicyclic) bond motifs is 12. The van der Waals surface area contributed by atoms with Gasteiger partial charge in [-0.25, -0.2) is 0 Å². The van der Waals surface area contributed by atoms with Crippen molar-refractivity contribution >= 4 is 93.0 Å². The van der Waals surface area contributed by atoms with Crippen LogP contribution in [0.25, 0.3) is 132 Å². The number of benzene rings is 12. The minimum Gasteiger partial charge on any atom is -0.309 e. The minimum atomic E-state index is 0.244. The molecule has 0 aliphatic rings. The Balaban J connectivity index is 0.000000154. The maximum absolute atomic E-state index is 13.1. The number of carbonyl (C=O) groups is 1. The van der Waals surface area contributed by atoms with Crippen LogP contribution in [0.15, 0.2) is 279 Å². The van der Waals surface area contributed by atoms with Crippen molar-refractivity contribution < 1.29 is 4.79 Å². The molecule has 0 amide bonds. The van der Waals surface area contributed by atoms with Crippen LogP contribution in [-0.4, -0.2) is 24.1 Å². The Hall–Kier alpha value is -10.5. The van der Waals surface area contributed by atoms with Crippen molar-refractivity contribution in [2.24, 2.45) is 0 Å². The van der Waals surface area contributed by atoms with Gasteiger partial charge in [-0.1, -0.05) is 235 Å². The third-order valence-electron chi connectivity index (χ3n) is 19.4. The number of carbonyl (C=O) groups excluding carboxylic acids is 1. The second kappa shape index (κ2) is 26.4. The molecule has 0 aliphatic carbocycles. The highest BCUT2D eigenvalue weighted by Gasteiger charge is 2.18. The van der Waals surface area contributed by atoms with Crippen LogP contribution in [0.3, 0.4) is 0 Å². The number of aromatic nitrogens is 4. The molecule has 0 N–H and O–H groups in total. The quantitative estimate of drug-likeness (QED) is 0.0553. The fraction of sp³-hybridized carbons (Fsp3) is 0.170. The van der Waals surface area contributed by atoms with Crippen molar-refractivity contribution in [1.82, 2.24) is 18.3 Å². The second-order valence-corrected chi connectivity index (χ2v) is 25.3. The van der Waals surface area contributed by atoms with Gasteiger partial charge in [-0.15, -0.1) is 0 Å². The standard InChI is InChI=1S/C44H38N2O.C44H40N2/c1-2-3-4-5-6-19-44(47)33-24-29-43-39(30-33)38-15-9-12-18-42(38)46(43)35-27-22-32(23-28-35)31-20-25-34(26-21-31)45-40-16-10-7-13-36(40)37-14-8-11-17-41(37)45;1-2-3-4-5-6-7-14-32-21-30-44-40(31-32)39-17-10-13-20-43(39)46(44)36-28-24-34(25-29-36)33-22-26-35(27-23-33)45-41-18-11-8-15-37(41)38-16-9-12-19-42(38)45/h7-18,20-30H,2-6,19H2,1H3;8-13,15-31H,2-7,14H2,1H3. The number of Topliss-reactive ketones (excluding diaryl/α,β-unsaturated/α-hetero) is 1. The smallest absolute Gasteiger partial charge is 0.162 e. The fourth-order valence-electron chi connectivity index (χ4n) is 14.6. The van der Waals surface area contributed by atoms with E-state index >= 15 is 0 Å². The van der Waals surface area contributed by atoms with Crippen molar-refractivity contribution in [2.45, 2.75) is 97.3 Å². The topological polar surface area (TPSA) is 36.8 Å². The van der Waals surface area contributed by atoms with Crippen LogP contribution in [0.5, 0.6) is 0 Å². The van der Waals surface area contributed by atoms with Gasteiger partial charge in [0.05, 0.1) is 44.1 Å². The average molecular weight is 1210 g/mol. The molecule has 0 bridgehead atoms. The van der Waals surface area contributed by atoms with E-state index in [0.29, 0.717) is 6.42 Å². The summed E-state index contributed by atoms with van der Waals surface area (Å²) >= 11 is 0. The van der Waals surface area contributed by atoms with Gasteiger partial charge < -0.3 is 18.3 Å². The number of aryl methyl sites for hydroxylation is 1. The molecule has 0 atom stereocenters. The summed E-state index contributed by atoms with van der Waals surface area (Å²) in [6.07, 6.45) is 15.5. The lowest BCUT2D eigenvalue weighted by Crippen LogP contribution is -1.99. The molecule has 16 aromatic rings. The molecule has 4 heterocycles. The van der Waals surface area contributed by atoms with Gasteiger partial charge in [0.25, 0.3) is 0 Å². The number of nitrogens with zero attached hydrogens (tertiary/aromatic N) is 4. The summed E-state index contributed by atoms with van der Waals surface area (Å²) in [4.78, 5) is 13.1. The summed E-state index contributed by atoms with van der Waals surface area (Å²) < 4.78 is 9.47. The van der Waals surface area contributed by atoms with Crippen LogP contribution in [-0.2, 0) is 6.42 Å². The van der Waals surface area contributed by atoms with Crippen LogP contribution in [0, 0.1) is 0 Å². The molecule has 0 fully saturated rings. The first-order valence-electron chi connectivity index (χ1n) is 34.0. The Kier molecular flexibility index (Phi) is 16.7. The molecule has 4 aromatic heterocycles. The number of para-hydroxylation sites is 6. The predicted molar refractivity (Wildman–Crippen MR) is 396 cm³/mol. The van der Waals surface area contributed by atoms with Crippen LogP contribution < -0.4 is 0 Å². The van der Waals surface area contributed by atoms with E-state index < -0.39 is 0 Å². The first kappa shape index (κ1) is 58.9. The molecule has 0 saturated heterocycles. The minimum absolute atomic E-state index is 0.244. The SMILES string of the molecule is CCCCCCCC(=O)c1ccc2c(c1)c1ccccc1n2-c1ccc(-c2ccc(-n3c4ccccc4c4ccccc43)cc2)cc1.CCCCCCCCc1ccc2c(c1)c1ccccc1n2-c1ccc(-c2ccc(-n3c4ccccc4c4ccccc43)cc2)cc1. The van der Waals surface area contributed by atoms with E-state index in [-0.39, 0.29) is 5.78 Å². The van der Waals surface area contributed by atoms with Crippen molar-refractivity contribution in [3.05, 3.63) is 290 Å². The first-order valence-corrected chi connectivity index (χ1v) is 34.0. The molecule has 5 nitrogen and oxygen atoms in total. The number of hydrogen-bond acceptors (Lipinski definition) is 1. The highest BCUT2D eigenvalue weighted by Crippen LogP contribution is 2.39. The van der Waals surface area contributed by atoms with Gasteiger partial charge in [0.1, 0.15) is 0 Å².